The Kier molecular flexibility index (Phi) is 5.83. The summed E-state index contributed by atoms with van der Waals surface area (Å²) in [6.45, 7) is 0. The molecule has 270 valence electrons. The Bertz CT molecular complexity index is 4090. The van der Waals surface area contributed by atoms with Crippen LogP contribution in [-0.2, 0) is 0 Å². The molecule has 4 aromatic heterocycles. The molecule has 13 aromatic rings. The Hall–Kier alpha value is -6.98. The second kappa shape index (κ2) is 12.3. The maximum Gasteiger partial charge on any atom is 0.0629 e. The van der Waals surface area contributed by atoms with Gasteiger partial charge in [0.2, 0.25) is 0 Å². The number of hydrogen-bond acceptors (Lipinski definition) is 2. The minimum atomic E-state index is -0.388. The molecule has 58 heavy (non-hydrogen) atoms. The Morgan fingerprint density at radius 3 is 1.53 bits per heavy atom. The van der Waals surface area contributed by atoms with E-state index in [1.807, 2.05) is 29.5 Å². The van der Waals surface area contributed by atoms with E-state index >= 15 is 0 Å². The smallest absolute Gasteiger partial charge is 0.0629 e. The number of para-hydroxylation sites is 2. The van der Waals surface area contributed by atoms with Gasteiger partial charge in [-0.05, 0) is 95.1 Å². The van der Waals surface area contributed by atoms with Crippen molar-refractivity contribution in [2.75, 3.05) is 0 Å². The fourth-order valence-electron chi connectivity index (χ4n) is 9.26. The van der Waals surface area contributed by atoms with Crippen molar-refractivity contribution in [3.8, 4) is 33.6 Å². The Morgan fingerprint density at radius 1 is 0.345 bits per heavy atom. The largest absolute Gasteiger partial charge is 0.309 e. The lowest BCUT2D eigenvalue weighted by molar-refractivity contribution is 1.19. The van der Waals surface area contributed by atoms with Crippen molar-refractivity contribution in [2.24, 2.45) is 0 Å². The molecular weight excluding hydrogens is 741 g/mol. The number of aromatic nitrogens is 2. The highest BCUT2D eigenvalue weighted by Crippen LogP contribution is 2.43. The van der Waals surface area contributed by atoms with Crippen LogP contribution in [0.3, 0.4) is 0 Å². The van der Waals surface area contributed by atoms with Gasteiger partial charge in [-0.3, -0.25) is 0 Å². The third-order valence-corrected chi connectivity index (χ3v) is 14.1. The van der Waals surface area contributed by atoms with Crippen LogP contribution in [0.2, 0.25) is 0 Å². The quantitative estimate of drug-likeness (QED) is 0.168. The van der Waals surface area contributed by atoms with Crippen LogP contribution < -0.4 is 0 Å². The van der Waals surface area contributed by atoms with E-state index in [2.05, 4.69) is 155 Å². The first kappa shape index (κ1) is 27.6. The first-order valence-electron chi connectivity index (χ1n) is 21.8. The van der Waals surface area contributed by atoms with Crippen LogP contribution in [0.5, 0.6) is 0 Å². The van der Waals surface area contributed by atoms with Crippen molar-refractivity contribution in [2.45, 2.75) is 0 Å². The third-order valence-electron chi connectivity index (χ3n) is 11.8. The molecule has 4 heterocycles. The fraction of sp³-hybridized carbons (Fsp3) is 0. The molecule has 0 N–H and O–H groups in total. The fourth-order valence-corrected chi connectivity index (χ4v) is 11.6. The average molecular weight is 778 g/mol. The molecule has 13 rings (SSSR count). The first-order valence-corrected chi connectivity index (χ1v) is 21.0. The molecule has 0 radical (unpaired) electrons. The topological polar surface area (TPSA) is 9.86 Å². The molecule has 2 nitrogen and oxygen atoms in total. The molecule has 0 saturated heterocycles. The Morgan fingerprint density at radius 2 is 0.862 bits per heavy atom. The Balaban J connectivity index is 0.942. The summed E-state index contributed by atoms with van der Waals surface area (Å²) >= 11 is 3.50. The lowest BCUT2D eigenvalue weighted by atomic mass is 9.99. The number of thiophene rings is 2. The summed E-state index contributed by atoms with van der Waals surface area (Å²) in [4.78, 5) is 0. The van der Waals surface area contributed by atoms with Gasteiger partial charge >= 0.3 is 0 Å². The zero-order valence-corrected chi connectivity index (χ0v) is 32.4. The van der Waals surface area contributed by atoms with Crippen LogP contribution >= 0.6 is 22.7 Å². The number of hydrogen-bond donors (Lipinski definition) is 0. The van der Waals surface area contributed by atoms with E-state index in [4.69, 9.17) is 6.85 Å². The lowest BCUT2D eigenvalue weighted by Crippen LogP contribution is -1.93. The number of nitrogens with zero attached hydrogens (tertiary/aromatic N) is 2. The highest BCUT2D eigenvalue weighted by Gasteiger charge is 2.18. The summed E-state index contributed by atoms with van der Waals surface area (Å²) in [6.07, 6.45) is 0. The summed E-state index contributed by atoms with van der Waals surface area (Å²) in [5.41, 5.74) is 9.94. The maximum absolute atomic E-state index is 8.73. The monoisotopic (exact) mass is 777 g/mol. The van der Waals surface area contributed by atoms with Gasteiger partial charge in [0.1, 0.15) is 0 Å². The van der Waals surface area contributed by atoms with Crippen molar-refractivity contribution in [1.29, 1.82) is 0 Å². The second-order valence-electron chi connectivity index (χ2n) is 14.9. The van der Waals surface area contributed by atoms with Crippen LogP contribution in [0, 0.1) is 0 Å². The van der Waals surface area contributed by atoms with E-state index in [1.54, 1.807) is 11.3 Å². The molecule has 0 aliphatic carbocycles. The predicted molar refractivity (Wildman–Crippen MR) is 252 cm³/mol. The zero-order chi connectivity index (χ0) is 42.2. The molecule has 0 unspecified atom stereocenters. The SMILES string of the molecule is [2H]c1c([2H])c([2H])c(-c2cccc3sc4cc(-n5c6ccccc6c6cc(-c7ccc8c(c7)c7ccccc7n8-c7ccc8c(c7)sc7ccccc78)ccc65)ccc4c23)c([2H])c1[2H]. The van der Waals surface area contributed by atoms with Crippen LogP contribution in [0.4, 0.5) is 0 Å². The van der Waals surface area contributed by atoms with Gasteiger partial charge in [0.25, 0.3) is 0 Å². The van der Waals surface area contributed by atoms with Crippen molar-refractivity contribution in [3.05, 3.63) is 194 Å². The van der Waals surface area contributed by atoms with E-state index < -0.39 is 0 Å². The van der Waals surface area contributed by atoms with Crippen molar-refractivity contribution < 1.29 is 6.85 Å². The molecule has 0 atom stereocenters. The van der Waals surface area contributed by atoms with Gasteiger partial charge in [-0.25, -0.2) is 0 Å². The summed E-state index contributed by atoms with van der Waals surface area (Å²) in [5.74, 6) is 0. The maximum atomic E-state index is 8.73. The van der Waals surface area contributed by atoms with Crippen LogP contribution in [-0.4, -0.2) is 9.13 Å². The minimum Gasteiger partial charge on any atom is -0.309 e. The number of fused-ring (bicyclic) bond motifs is 12. The number of benzene rings is 9. The van der Waals surface area contributed by atoms with Gasteiger partial charge < -0.3 is 9.13 Å². The van der Waals surface area contributed by atoms with Crippen LogP contribution in [0.25, 0.3) is 118 Å². The summed E-state index contributed by atoms with van der Waals surface area (Å²) in [5, 5.41) is 9.26. The number of rotatable bonds is 4. The highest BCUT2D eigenvalue weighted by atomic mass is 32.1. The van der Waals surface area contributed by atoms with E-state index in [-0.39, 0.29) is 35.8 Å². The molecule has 0 saturated carbocycles. The molecule has 0 amide bonds. The van der Waals surface area contributed by atoms with Crippen molar-refractivity contribution in [3.63, 3.8) is 0 Å². The van der Waals surface area contributed by atoms with Gasteiger partial charge in [0, 0.05) is 73.3 Å². The van der Waals surface area contributed by atoms with Gasteiger partial charge in [-0.1, -0.05) is 121 Å². The molecular formula is C54H32N2S2. The van der Waals surface area contributed by atoms with Gasteiger partial charge in [-0.15, -0.1) is 22.7 Å². The lowest BCUT2D eigenvalue weighted by Gasteiger charge is -2.10. The second-order valence-corrected chi connectivity index (χ2v) is 17.1. The molecule has 0 bridgehead atoms. The first-order chi connectivity index (χ1) is 30.8. The van der Waals surface area contributed by atoms with E-state index in [1.165, 1.54) is 52.8 Å². The minimum absolute atomic E-state index is 0.193. The Labute approximate surface area is 348 Å². The normalized spacial score (nSPS) is 13.3. The average Bonchev–Trinajstić information content (AvgIpc) is 4.07. The van der Waals surface area contributed by atoms with E-state index in [0.717, 1.165) is 53.7 Å². The van der Waals surface area contributed by atoms with Gasteiger partial charge in [0.05, 0.1) is 28.9 Å². The molecule has 9 aromatic carbocycles. The zero-order valence-electron chi connectivity index (χ0n) is 35.8. The highest BCUT2D eigenvalue weighted by molar-refractivity contribution is 7.26. The molecule has 0 aliphatic rings. The van der Waals surface area contributed by atoms with E-state index in [9.17, 15) is 0 Å². The van der Waals surface area contributed by atoms with Crippen molar-refractivity contribution >= 4 is 107 Å². The molecule has 0 aliphatic heterocycles. The molecule has 0 spiro atoms. The van der Waals surface area contributed by atoms with Gasteiger partial charge in [0.15, 0.2) is 0 Å². The summed E-state index contributed by atoms with van der Waals surface area (Å²) < 4.78 is 51.7. The standard InChI is InChI=1S/C54H32N2S2/c1-2-11-33(12-3-1)38-16-10-20-51-54(38)43-26-24-37(32-53(43)58-51)56-47-18-8-5-14-40(47)45-30-35(22-28-49(45)56)34-21-27-48-44(29-34)39-13-4-7-17-46(39)55(48)36-23-25-42-41-15-6-9-19-50(41)57-52(42)31-36/h1-32H/i1D,2D,3D,11D,12D. The van der Waals surface area contributed by atoms with Crippen LogP contribution in [0.15, 0.2) is 194 Å². The third kappa shape index (κ3) is 4.64. The summed E-state index contributed by atoms with van der Waals surface area (Å²) in [7, 11) is 0. The molecule has 0 fully saturated rings. The predicted octanol–water partition coefficient (Wildman–Crippen LogP) is 16.0. The van der Waals surface area contributed by atoms with E-state index in [0.29, 0.717) is 5.56 Å². The van der Waals surface area contributed by atoms with Crippen LogP contribution in [0.1, 0.15) is 6.85 Å². The van der Waals surface area contributed by atoms with Gasteiger partial charge in [-0.2, -0.15) is 0 Å². The van der Waals surface area contributed by atoms with Crippen molar-refractivity contribution in [1.82, 2.24) is 9.13 Å². The summed E-state index contributed by atoms with van der Waals surface area (Å²) in [6, 6.07) is 57.3. The molecule has 4 heteroatoms.